The number of methoxy groups -OCH3 is 2. The molecule has 164 valence electrons. The highest BCUT2D eigenvalue weighted by Crippen LogP contribution is 2.33. The number of aryl methyl sites for hydroxylation is 1. The van der Waals surface area contributed by atoms with Crippen molar-refractivity contribution in [2.24, 2.45) is 0 Å². The van der Waals surface area contributed by atoms with Crippen LogP contribution in [0.2, 0.25) is 0 Å². The van der Waals surface area contributed by atoms with Crippen molar-refractivity contribution in [1.82, 2.24) is 5.32 Å². The minimum absolute atomic E-state index is 0.0952. The molecule has 3 rings (SSSR count). The van der Waals surface area contributed by atoms with E-state index in [2.05, 4.69) is 5.32 Å². The number of rotatable bonds is 6. The maximum absolute atomic E-state index is 13.1. The highest BCUT2D eigenvalue weighted by atomic mass is 16.5. The number of fused-ring (bicyclic) bond motifs is 1. The third kappa shape index (κ3) is 5.53. The van der Waals surface area contributed by atoms with E-state index in [4.69, 9.17) is 14.2 Å². The number of hydrogen-bond acceptors (Lipinski definition) is 6. The Morgan fingerprint density at radius 3 is 2.58 bits per heavy atom. The first-order chi connectivity index (χ1) is 15.0. The van der Waals surface area contributed by atoms with Gasteiger partial charge in [0.2, 0.25) is 5.91 Å². The maximum Gasteiger partial charge on any atom is 0.407 e. The molecular formula is C23H26N2O6. The largest absolute Gasteiger partial charge is 0.497 e. The van der Waals surface area contributed by atoms with Gasteiger partial charge in [0, 0.05) is 5.69 Å². The first-order valence-corrected chi connectivity index (χ1v) is 10.0. The fourth-order valence-electron chi connectivity index (χ4n) is 3.58. The van der Waals surface area contributed by atoms with Gasteiger partial charge in [0.15, 0.2) is 0 Å². The van der Waals surface area contributed by atoms with E-state index < -0.39 is 24.0 Å². The molecule has 8 nitrogen and oxygen atoms in total. The highest BCUT2D eigenvalue weighted by molar-refractivity contribution is 6.02. The lowest BCUT2D eigenvalue weighted by atomic mass is 10.1. The summed E-state index contributed by atoms with van der Waals surface area (Å²) in [7, 11) is 2.87. The van der Waals surface area contributed by atoms with E-state index in [1.54, 1.807) is 19.2 Å². The smallest absolute Gasteiger partial charge is 0.407 e. The minimum Gasteiger partial charge on any atom is -0.497 e. The van der Waals surface area contributed by atoms with Crippen molar-refractivity contribution in [2.45, 2.75) is 31.9 Å². The number of benzene rings is 2. The van der Waals surface area contributed by atoms with Gasteiger partial charge in [-0.15, -0.1) is 0 Å². The van der Waals surface area contributed by atoms with Crippen molar-refractivity contribution in [3.8, 4) is 5.75 Å². The third-order valence-corrected chi connectivity index (χ3v) is 5.12. The van der Waals surface area contributed by atoms with Crippen LogP contribution < -0.4 is 15.0 Å². The van der Waals surface area contributed by atoms with Gasteiger partial charge in [-0.1, -0.05) is 30.3 Å². The predicted molar refractivity (Wildman–Crippen MR) is 114 cm³/mol. The Balaban J connectivity index is 1.72. The summed E-state index contributed by atoms with van der Waals surface area (Å²) in [5, 5.41) is 2.47. The fourth-order valence-corrected chi connectivity index (χ4v) is 3.58. The molecule has 0 aromatic heterocycles. The van der Waals surface area contributed by atoms with Crippen LogP contribution in [0.3, 0.4) is 0 Å². The van der Waals surface area contributed by atoms with Crippen LogP contribution in [0.15, 0.2) is 48.5 Å². The molecule has 1 aliphatic heterocycles. The first-order valence-electron chi connectivity index (χ1n) is 10.0. The second-order valence-corrected chi connectivity index (χ2v) is 7.10. The number of carbonyl (C=O) groups excluding carboxylic acids is 3. The Hall–Kier alpha value is -3.55. The Morgan fingerprint density at radius 2 is 1.87 bits per heavy atom. The quantitative estimate of drug-likeness (QED) is 0.714. The highest BCUT2D eigenvalue weighted by Gasteiger charge is 2.35. The molecular weight excluding hydrogens is 400 g/mol. The van der Waals surface area contributed by atoms with Crippen molar-refractivity contribution < 1.29 is 28.6 Å². The minimum atomic E-state index is -0.769. The van der Waals surface area contributed by atoms with Crippen molar-refractivity contribution in [1.29, 1.82) is 0 Å². The molecule has 0 bridgehead atoms. The summed E-state index contributed by atoms with van der Waals surface area (Å²) in [5.41, 5.74) is 2.34. The van der Waals surface area contributed by atoms with Gasteiger partial charge in [0.05, 0.1) is 14.2 Å². The summed E-state index contributed by atoms with van der Waals surface area (Å²) in [4.78, 5) is 39.0. The Bertz CT molecular complexity index is 931. The molecule has 2 aromatic rings. The van der Waals surface area contributed by atoms with E-state index in [1.165, 1.54) is 12.0 Å². The zero-order valence-corrected chi connectivity index (χ0v) is 17.6. The van der Waals surface area contributed by atoms with E-state index >= 15 is 0 Å². The number of ether oxygens (including phenoxy) is 3. The van der Waals surface area contributed by atoms with Gasteiger partial charge in [0.25, 0.3) is 0 Å². The molecule has 0 saturated carbocycles. The number of esters is 1. The van der Waals surface area contributed by atoms with E-state index in [0.717, 1.165) is 11.1 Å². The summed E-state index contributed by atoms with van der Waals surface area (Å²) in [5.74, 6) is -0.255. The monoisotopic (exact) mass is 426 g/mol. The number of carbonyl (C=O) groups is 3. The maximum atomic E-state index is 13.1. The van der Waals surface area contributed by atoms with Crippen LogP contribution in [-0.2, 0) is 32.1 Å². The lowest BCUT2D eigenvalue weighted by Crippen LogP contribution is -2.49. The molecule has 0 radical (unpaired) electrons. The molecule has 1 aliphatic rings. The summed E-state index contributed by atoms with van der Waals surface area (Å²) in [6.45, 7) is -0.218. The number of amides is 2. The van der Waals surface area contributed by atoms with E-state index in [0.29, 0.717) is 30.7 Å². The van der Waals surface area contributed by atoms with Crippen molar-refractivity contribution in [2.75, 3.05) is 25.7 Å². The molecule has 1 N–H and O–H groups in total. The zero-order valence-electron chi connectivity index (χ0n) is 17.6. The third-order valence-electron chi connectivity index (χ3n) is 5.12. The molecule has 0 spiro atoms. The molecule has 31 heavy (non-hydrogen) atoms. The molecule has 2 amide bonds. The molecule has 1 unspecified atom stereocenters. The van der Waals surface area contributed by atoms with Gasteiger partial charge in [-0.3, -0.25) is 9.69 Å². The number of hydrogen-bond donors (Lipinski definition) is 1. The van der Waals surface area contributed by atoms with Crippen molar-refractivity contribution in [3.63, 3.8) is 0 Å². The van der Waals surface area contributed by atoms with Crippen LogP contribution in [0.5, 0.6) is 5.75 Å². The summed E-state index contributed by atoms with van der Waals surface area (Å²) in [6, 6.07) is 13.8. The number of alkyl carbamates (subject to hydrolysis) is 1. The molecule has 0 aliphatic carbocycles. The van der Waals surface area contributed by atoms with Gasteiger partial charge in [-0.25, -0.2) is 9.59 Å². The second kappa shape index (κ2) is 10.5. The SMILES string of the molecule is COC(=O)C1CCCc2cc(OC)ccc2N1C(=O)CNC(=O)OCc1ccccc1. The van der Waals surface area contributed by atoms with Gasteiger partial charge in [-0.2, -0.15) is 0 Å². The molecule has 2 aromatic carbocycles. The molecule has 8 heteroatoms. The zero-order chi connectivity index (χ0) is 22.2. The standard InChI is InChI=1S/C23H26N2O6/c1-29-18-11-12-19-17(13-18)9-6-10-20(22(27)30-2)25(19)21(26)14-24-23(28)31-15-16-7-4-3-5-8-16/h3-5,7-8,11-13,20H,6,9-10,14-15H2,1-2H3,(H,24,28). The number of nitrogens with zero attached hydrogens (tertiary/aromatic N) is 1. The molecule has 1 atom stereocenters. The van der Waals surface area contributed by atoms with Gasteiger partial charge in [-0.05, 0) is 48.6 Å². The lowest BCUT2D eigenvalue weighted by molar-refractivity contribution is -0.143. The van der Waals surface area contributed by atoms with Gasteiger partial charge >= 0.3 is 12.1 Å². The van der Waals surface area contributed by atoms with E-state index in [-0.39, 0.29) is 13.2 Å². The Morgan fingerprint density at radius 1 is 1.10 bits per heavy atom. The number of anilines is 1. The van der Waals surface area contributed by atoms with Crippen LogP contribution in [-0.4, -0.2) is 44.8 Å². The summed E-state index contributed by atoms with van der Waals surface area (Å²) >= 11 is 0. The molecule has 0 fully saturated rings. The summed E-state index contributed by atoms with van der Waals surface area (Å²) in [6.07, 6.45) is 1.14. The van der Waals surface area contributed by atoms with Crippen molar-refractivity contribution >= 4 is 23.7 Å². The van der Waals surface area contributed by atoms with Gasteiger partial charge < -0.3 is 19.5 Å². The Labute approximate surface area is 181 Å². The number of nitrogens with one attached hydrogen (secondary N) is 1. The topological polar surface area (TPSA) is 94.2 Å². The van der Waals surface area contributed by atoms with Crippen LogP contribution in [0.25, 0.3) is 0 Å². The van der Waals surface area contributed by atoms with Crippen LogP contribution >= 0.6 is 0 Å². The molecule has 0 saturated heterocycles. The Kier molecular flexibility index (Phi) is 7.48. The van der Waals surface area contributed by atoms with E-state index in [9.17, 15) is 14.4 Å². The second-order valence-electron chi connectivity index (χ2n) is 7.10. The molecule has 1 heterocycles. The van der Waals surface area contributed by atoms with Crippen LogP contribution in [0.1, 0.15) is 24.0 Å². The van der Waals surface area contributed by atoms with Crippen LogP contribution in [0.4, 0.5) is 10.5 Å². The lowest BCUT2D eigenvalue weighted by Gasteiger charge is -2.29. The normalized spacial score (nSPS) is 15.3. The average Bonchev–Trinajstić information content (AvgIpc) is 3.00. The predicted octanol–water partition coefficient (Wildman–Crippen LogP) is 2.83. The van der Waals surface area contributed by atoms with Crippen molar-refractivity contribution in [3.05, 3.63) is 59.7 Å². The van der Waals surface area contributed by atoms with E-state index in [1.807, 2.05) is 36.4 Å². The van der Waals surface area contributed by atoms with Crippen LogP contribution in [0, 0.1) is 0 Å². The first kappa shape index (κ1) is 22.1. The van der Waals surface area contributed by atoms with Gasteiger partial charge in [0.1, 0.15) is 24.9 Å². The fraction of sp³-hybridized carbons (Fsp3) is 0.348. The average molecular weight is 426 g/mol. The summed E-state index contributed by atoms with van der Waals surface area (Å²) < 4.78 is 15.4.